The molecule has 168 valence electrons. The minimum Gasteiger partial charge on any atom is -0.493 e. The van der Waals surface area contributed by atoms with E-state index in [-0.39, 0.29) is 11.7 Å². The van der Waals surface area contributed by atoms with E-state index in [1.165, 1.54) is 23.1 Å². The second-order valence-electron chi connectivity index (χ2n) is 7.44. The van der Waals surface area contributed by atoms with Crippen LogP contribution in [0.1, 0.15) is 44.0 Å². The van der Waals surface area contributed by atoms with Crippen molar-refractivity contribution in [1.29, 1.82) is 0 Å². The Hall–Kier alpha value is -2.78. The molecule has 0 unspecified atom stereocenters. The van der Waals surface area contributed by atoms with Crippen molar-refractivity contribution in [2.24, 2.45) is 0 Å². The fraction of sp³-hybridized carbons (Fsp3) is 0.348. The number of ketones is 1. The lowest BCUT2D eigenvalue weighted by atomic mass is 9.92. The van der Waals surface area contributed by atoms with Crippen LogP contribution in [0.5, 0.6) is 11.5 Å². The third-order valence-corrected chi connectivity index (χ3v) is 7.79. The van der Waals surface area contributed by atoms with Crippen molar-refractivity contribution in [2.45, 2.75) is 36.4 Å². The summed E-state index contributed by atoms with van der Waals surface area (Å²) in [6, 6.07) is 5.84. The molecule has 2 aromatic heterocycles. The number of methoxy groups -OCH3 is 2. The van der Waals surface area contributed by atoms with Crippen LogP contribution in [0.25, 0.3) is 0 Å². The zero-order valence-electron chi connectivity index (χ0n) is 18.3. The van der Waals surface area contributed by atoms with Crippen LogP contribution < -0.4 is 14.8 Å². The molecule has 32 heavy (non-hydrogen) atoms. The summed E-state index contributed by atoms with van der Waals surface area (Å²) in [5.41, 5.74) is 3.39. The molecule has 0 atom stereocenters. The quantitative estimate of drug-likeness (QED) is 0.480. The summed E-state index contributed by atoms with van der Waals surface area (Å²) in [5.74, 6) is 1.36. The minimum absolute atomic E-state index is 0.147. The number of hydrogen-bond donors (Lipinski definition) is 1. The van der Waals surface area contributed by atoms with Crippen LogP contribution in [0.4, 0.5) is 5.69 Å². The maximum absolute atomic E-state index is 13.0. The van der Waals surface area contributed by atoms with Crippen LogP contribution in [0.15, 0.2) is 34.8 Å². The van der Waals surface area contributed by atoms with Gasteiger partial charge in [-0.1, -0.05) is 6.07 Å². The number of hydrogen-bond acceptors (Lipinski definition) is 7. The molecular formula is C23H25N3O4S2. The fourth-order valence-electron chi connectivity index (χ4n) is 3.86. The number of aromatic nitrogens is 2. The van der Waals surface area contributed by atoms with Crippen molar-refractivity contribution in [2.75, 3.05) is 25.8 Å². The van der Waals surface area contributed by atoms with Gasteiger partial charge in [-0.25, -0.2) is 0 Å². The highest BCUT2D eigenvalue weighted by atomic mass is 32.2. The van der Waals surface area contributed by atoms with Gasteiger partial charge in [-0.15, -0.1) is 23.1 Å². The predicted octanol–water partition coefficient (Wildman–Crippen LogP) is 4.70. The number of amides is 1. The molecule has 0 aliphatic heterocycles. The first-order valence-electron chi connectivity index (χ1n) is 10.3. The number of anilines is 1. The molecule has 1 N–H and O–H groups in total. The molecule has 0 radical (unpaired) electrons. The average molecular weight is 472 g/mol. The standard InChI is InChI=1S/C23H25N3O4S2/c1-29-18-8-7-14(11-19(18)30-2)9-10-26-13-15(12-24-26)25-22(28)21-16-5-4-6-17(27)20(16)23(31-3)32-21/h7-8,11-13H,4-6,9-10H2,1-3H3,(H,25,28). The molecule has 2 heterocycles. The summed E-state index contributed by atoms with van der Waals surface area (Å²) in [5, 5.41) is 7.31. The molecule has 4 rings (SSSR count). The van der Waals surface area contributed by atoms with E-state index in [0.717, 1.165) is 40.2 Å². The van der Waals surface area contributed by atoms with Gasteiger partial charge in [0.15, 0.2) is 17.3 Å². The van der Waals surface area contributed by atoms with Crippen molar-refractivity contribution in [1.82, 2.24) is 9.78 Å². The van der Waals surface area contributed by atoms with Crippen molar-refractivity contribution in [3.05, 3.63) is 52.2 Å². The normalized spacial score (nSPS) is 13.0. The molecule has 0 spiro atoms. The predicted molar refractivity (Wildman–Crippen MR) is 127 cm³/mol. The fourth-order valence-corrected chi connectivity index (χ4v) is 5.88. The zero-order chi connectivity index (χ0) is 22.7. The van der Waals surface area contributed by atoms with Gasteiger partial charge in [0.05, 0.1) is 35.2 Å². The van der Waals surface area contributed by atoms with Crippen LogP contribution >= 0.6 is 23.1 Å². The van der Waals surface area contributed by atoms with Crippen molar-refractivity contribution >= 4 is 40.5 Å². The molecule has 7 nitrogen and oxygen atoms in total. The summed E-state index contributed by atoms with van der Waals surface area (Å²) in [6.45, 7) is 0.658. The van der Waals surface area contributed by atoms with Crippen molar-refractivity contribution in [3.63, 3.8) is 0 Å². The van der Waals surface area contributed by atoms with E-state index in [4.69, 9.17) is 9.47 Å². The number of rotatable bonds is 8. The Morgan fingerprint density at radius 2 is 2.06 bits per heavy atom. The van der Waals surface area contributed by atoms with Crippen LogP contribution in [-0.4, -0.2) is 41.9 Å². The molecule has 1 aliphatic rings. The van der Waals surface area contributed by atoms with Gasteiger partial charge >= 0.3 is 0 Å². The average Bonchev–Trinajstić information content (AvgIpc) is 3.42. The number of aryl methyl sites for hydroxylation is 2. The number of benzene rings is 1. The summed E-state index contributed by atoms with van der Waals surface area (Å²) in [6.07, 6.45) is 8.29. The second-order valence-corrected chi connectivity index (χ2v) is 9.53. The van der Waals surface area contributed by atoms with E-state index < -0.39 is 0 Å². The number of nitrogens with one attached hydrogen (secondary N) is 1. The highest BCUT2D eigenvalue weighted by Gasteiger charge is 2.29. The number of carbonyl (C=O) groups is 2. The third-order valence-electron chi connectivity index (χ3n) is 5.44. The van der Waals surface area contributed by atoms with Gasteiger partial charge in [0.1, 0.15) is 0 Å². The second kappa shape index (κ2) is 9.79. The molecule has 1 aromatic carbocycles. The van der Waals surface area contributed by atoms with Gasteiger partial charge in [0.2, 0.25) is 0 Å². The SMILES string of the molecule is COc1ccc(CCn2cc(NC(=O)c3sc(SC)c4c3CCCC4=O)cn2)cc1OC. The van der Waals surface area contributed by atoms with Gasteiger partial charge < -0.3 is 14.8 Å². The number of nitrogens with zero attached hydrogens (tertiary/aromatic N) is 2. The van der Waals surface area contributed by atoms with Crippen molar-refractivity contribution in [3.8, 4) is 11.5 Å². The minimum atomic E-state index is -0.180. The zero-order valence-corrected chi connectivity index (χ0v) is 19.9. The maximum Gasteiger partial charge on any atom is 0.266 e. The third kappa shape index (κ3) is 4.54. The molecule has 0 saturated carbocycles. The first-order chi connectivity index (χ1) is 15.5. The Morgan fingerprint density at radius 1 is 1.25 bits per heavy atom. The van der Waals surface area contributed by atoms with Crippen LogP contribution in [0.3, 0.4) is 0 Å². The van der Waals surface area contributed by atoms with E-state index >= 15 is 0 Å². The largest absolute Gasteiger partial charge is 0.493 e. The first kappa shape index (κ1) is 22.4. The Labute approximate surface area is 195 Å². The van der Waals surface area contributed by atoms with E-state index in [2.05, 4.69) is 10.4 Å². The molecule has 0 bridgehead atoms. The molecular weight excluding hydrogens is 446 g/mol. The number of thiophene rings is 1. The lowest BCUT2D eigenvalue weighted by molar-refractivity contribution is 0.0970. The van der Waals surface area contributed by atoms with E-state index in [1.807, 2.05) is 30.7 Å². The number of thioether (sulfide) groups is 1. The summed E-state index contributed by atoms with van der Waals surface area (Å²) >= 11 is 2.94. The maximum atomic E-state index is 13.0. The summed E-state index contributed by atoms with van der Waals surface area (Å²) in [4.78, 5) is 26.0. The lowest BCUT2D eigenvalue weighted by Crippen LogP contribution is -2.16. The summed E-state index contributed by atoms with van der Waals surface area (Å²) < 4.78 is 13.4. The highest BCUT2D eigenvalue weighted by molar-refractivity contribution is 8.00. The van der Waals surface area contributed by atoms with Gasteiger partial charge in [-0.3, -0.25) is 14.3 Å². The summed E-state index contributed by atoms with van der Waals surface area (Å²) in [7, 11) is 3.23. The Morgan fingerprint density at radius 3 is 2.81 bits per heavy atom. The van der Waals surface area contributed by atoms with Crippen LogP contribution in [0.2, 0.25) is 0 Å². The van der Waals surface area contributed by atoms with E-state index in [9.17, 15) is 9.59 Å². The molecule has 3 aromatic rings. The Balaban J connectivity index is 1.43. The van der Waals surface area contributed by atoms with Crippen molar-refractivity contribution < 1.29 is 19.1 Å². The lowest BCUT2D eigenvalue weighted by Gasteiger charge is -2.12. The van der Waals surface area contributed by atoms with Crippen LogP contribution in [-0.2, 0) is 19.4 Å². The topological polar surface area (TPSA) is 82.5 Å². The molecule has 9 heteroatoms. The number of ether oxygens (including phenoxy) is 2. The smallest absolute Gasteiger partial charge is 0.266 e. The highest BCUT2D eigenvalue weighted by Crippen LogP contribution is 2.39. The Bertz CT molecular complexity index is 1150. The molecule has 1 amide bonds. The van der Waals surface area contributed by atoms with Gasteiger partial charge in [0, 0.05) is 24.7 Å². The number of Topliss-reactive ketones (excluding diaryl/α,β-unsaturated/α-hetero) is 1. The number of carbonyl (C=O) groups excluding carboxylic acids is 2. The molecule has 1 aliphatic carbocycles. The van der Waals surface area contributed by atoms with Gasteiger partial charge in [-0.2, -0.15) is 5.10 Å². The first-order valence-corrected chi connectivity index (χ1v) is 12.4. The number of fused-ring (bicyclic) bond motifs is 1. The molecule has 0 fully saturated rings. The van der Waals surface area contributed by atoms with E-state index in [1.54, 1.807) is 25.1 Å². The Kier molecular flexibility index (Phi) is 6.86. The molecule has 0 saturated heterocycles. The van der Waals surface area contributed by atoms with Gasteiger partial charge in [0.25, 0.3) is 5.91 Å². The van der Waals surface area contributed by atoms with E-state index in [0.29, 0.717) is 35.0 Å². The monoisotopic (exact) mass is 471 g/mol. The van der Waals surface area contributed by atoms with Gasteiger partial charge in [-0.05, 0) is 48.8 Å². The van der Waals surface area contributed by atoms with Crippen LogP contribution in [0, 0.1) is 0 Å².